The molecule has 9 heteroatoms. The summed E-state index contributed by atoms with van der Waals surface area (Å²) in [6.45, 7) is 1.75. The van der Waals surface area contributed by atoms with E-state index < -0.39 is 5.97 Å². The van der Waals surface area contributed by atoms with Gasteiger partial charge in [0, 0.05) is 12.0 Å². The van der Waals surface area contributed by atoms with Gasteiger partial charge in [-0.2, -0.15) is 0 Å². The van der Waals surface area contributed by atoms with Crippen molar-refractivity contribution in [2.75, 3.05) is 6.61 Å². The lowest BCUT2D eigenvalue weighted by molar-refractivity contribution is -0.138. The number of carboxylic acid groups (broad SMARTS) is 1. The quantitative estimate of drug-likeness (QED) is 0.479. The molecule has 2 aromatic rings. The number of nitrogens with zero attached hydrogens (tertiary/aromatic N) is 3. The van der Waals surface area contributed by atoms with Crippen molar-refractivity contribution in [1.29, 1.82) is 0 Å². The van der Waals surface area contributed by atoms with Crippen LogP contribution in [0.25, 0.3) is 0 Å². The maximum Gasteiger partial charge on any atom is 0.325 e. The molecule has 1 amide bonds. The highest BCUT2D eigenvalue weighted by Gasteiger charge is 2.07. The van der Waals surface area contributed by atoms with Gasteiger partial charge in [-0.05, 0) is 25.5 Å². The first kappa shape index (κ1) is 19.1. The second-order valence-corrected chi connectivity index (χ2v) is 5.61. The number of hydrogen-bond acceptors (Lipinski definition) is 6. The second-order valence-electron chi connectivity index (χ2n) is 5.61. The lowest BCUT2D eigenvalue weighted by Crippen LogP contribution is -2.23. The highest BCUT2D eigenvalue weighted by atomic mass is 16.5. The van der Waals surface area contributed by atoms with Crippen molar-refractivity contribution < 1.29 is 24.2 Å². The fourth-order valence-electron chi connectivity index (χ4n) is 2.14. The van der Waals surface area contributed by atoms with Crippen molar-refractivity contribution in [1.82, 2.24) is 20.3 Å². The summed E-state index contributed by atoms with van der Waals surface area (Å²) < 4.78 is 6.72. The van der Waals surface area contributed by atoms with E-state index >= 15 is 0 Å². The molecule has 0 bridgehead atoms. The number of ether oxygens (including phenoxy) is 1. The molecule has 0 fully saturated rings. The van der Waals surface area contributed by atoms with Gasteiger partial charge in [-0.1, -0.05) is 17.3 Å². The molecule has 1 aromatic heterocycles. The number of ketones is 1. The molecule has 0 saturated heterocycles. The molecule has 1 aromatic carbocycles. The van der Waals surface area contributed by atoms with Crippen LogP contribution in [0.1, 0.15) is 35.8 Å². The Labute approximate surface area is 150 Å². The smallest absolute Gasteiger partial charge is 0.325 e. The van der Waals surface area contributed by atoms with Crippen LogP contribution in [0.3, 0.4) is 0 Å². The molecule has 0 saturated carbocycles. The van der Waals surface area contributed by atoms with Crippen LogP contribution in [0, 0.1) is 0 Å². The van der Waals surface area contributed by atoms with E-state index in [0.29, 0.717) is 30.0 Å². The number of amides is 1. The van der Waals surface area contributed by atoms with Crippen molar-refractivity contribution in [2.24, 2.45) is 0 Å². The molecule has 2 N–H and O–H groups in total. The van der Waals surface area contributed by atoms with Gasteiger partial charge < -0.3 is 15.2 Å². The molecule has 0 unspecified atom stereocenters. The van der Waals surface area contributed by atoms with Crippen LogP contribution in [0.4, 0.5) is 0 Å². The Morgan fingerprint density at radius 2 is 2.12 bits per heavy atom. The SMILES string of the molecule is CC(=O)c1cccc(OCCCC(=O)NCc2cn(CC(=O)O)nn2)c1. The Kier molecular flexibility index (Phi) is 6.84. The normalized spacial score (nSPS) is 10.3. The fourth-order valence-corrected chi connectivity index (χ4v) is 2.14. The number of Topliss-reactive ketones (excluding diaryl/α,β-unsaturated/α-hetero) is 1. The first-order chi connectivity index (χ1) is 12.4. The standard InChI is InChI=1S/C17H20N4O5/c1-12(22)13-4-2-5-15(8-13)26-7-3-6-16(23)18-9-14-10-21(20-19-14)11-17(24)25/h2,4-5,8,10H,3,6-7,9,11H2,1H3,(H,18,23)(H,24,25). The molecule has 9 nitrogen and oxygen atoms in total. The first-order valence-corrected chi connectivity index (χ1v) is 8.05. The van der Waals surface area contributed by atoms with Gasteiger partial charge in [0.05, 0.1) is 19.3 Å². The van der Waals surface area contributed by atoms with Crippen LogP contribution < -0.4 is 10.1 Å². The molecular formula is C17H20N4O5. The van der Waals surface area contributed by atoms with Crippen LogP contribution in [0.2, 0.25) is 0 Å². The number of carbonyl (C=O) groups is 3. The zero-order chi connectivity index (χ0) is 18.9. The van der Waals surface area contributed by atoms with Gasteiger partial charge in [0.25, 0.3) is 0 Å². The summed E-state index contributed by atoms with van der Waals surface area (Å²) in [6, 6.07) is 6.89. The molecule has 0 spiro atoms. The van der Waals surface area contributed by atoms with Crippen LogP contribution in [0.5, 0.6) is 5.75 Å². The predicted octanol–water partition coefficient (Wildman–Crippen LogP) is 1.04. The van der Waals surface area contributed by atoms with E-state index in [2.05, 4.69) is 15.6 Å². The summed E-state index contributed by atoms with van der Waals surface area (Å²) >= 11 is 0. The average Bonchev–Trinajstić information content (AvgIpc) is 3.04. The predicted molar refractivity (Wildman–Crippen MR) is 90.7 cm³/mol. The topological polar surface area (TPSA) is 123 Å². The number of carbonyl (C=O) groups excluding carboxylic acids is 2. The molecule has 1 heterocycles. The Balaban J connectivity index is 1.66. The van der Waals surface area contributed by atoms with Crippen molar-refractivity contribution in [2.45, 2.75) is 32.9 Å². The molecule has 2 rings (SSSR count). The number of benzene rings is 1. The maximum atomic E-state index is 11.8. The minimum atomic E-state index is -1.01. The van der Waals surface area contributed by atoms with Crippen LogP contribution in [-0.4, -0.2) is 44.4 Å². The van der Waals surface area contributed by atoms with Crippen molar-refractivity contribution in [3.63, 3.8) is 0 Å². The van der Waals surface area contributed by atoms with Gasteiger partial charge in [-0.15, -0.1) is 5.10 Å². The summed E-state index contributed by atoms with van der Waals surface area (Å²) in [4.78, 5) is 33.7. The van der Waals surface area contributed by atoms with Crippen LogP contribution in [-0.2, 0) is 22.7 Å². The highest BCUT2D eigenvalue weighted by Crippen LogP contribution is 2.14. The molecule has 0 atom stereocenters. The molecule has 0 radical (unpaired) electrons. The number of carboxylic acids is 1. The number of rotatable bonds is 10. The summed E-state index contributed by atoms with van der Waals surface area (Å²) in [6.07, 6.45) is 2.26. The van der Waals surface area contributed by atoms with E-state index in [0.717, 1.165) is 0 Å². The van der Waals surface area contributed by atoms with Crippen molar-refractivity contribution in [3.8, 4) is 5.75 Å². The van der Waals surface area contributed by atoms with E-state index in [1.165, 1.54) is 17.8 Å². The summed E-state index contributed by atoms with van der Waals surface area (Å²) in [5.74, 6) is -0.624. The van der Waals surface area contributed by atoms with Crippen LogP contribution in [0.15, 0.2) is 30.5 Å². The third-order valence-corrected chi connectivity index (χ3v) is 3.41. The van der Waals surface area contributed by atoms with Gasteiger partial charge in [-0.25, -0.2) is 4.68 Å². The summed E-state index contributed by atoms with van der Waals surface area (Å²) in [7, 11) is 0. The van der Waals surface area contributed by atoms with Crippen molar-refractivity contribution in [3.05, 3.63) is 41.7 Å². The van der Waals surface area contributed by atoms with E-state index in [1.54, 1.807) is 24.3 Å². The van der Waals surface area contributed by atoms with E-state index in [-0.39, 0.29) is 31.2 Å². The molecule has 0 aliphatic rings. The van der Waals surface area contributed by atoms with Crippen molar-refractivity contribution >= 4 is 17.7 Å². The fraction of sp³-hybridized carbons (Fsp3) is 0.353. The third kappa shape index (κ3) is 6.34. The first-order valence-electron chi connectivity index (χ1n) is 8.05. The minimum absolute atomic E-state index is 0.0323. The monoisotopic (exact) mass is 360 g/mol. The Morgan fingerprint density at radius 3 is 2.85 bits per heavy atom. The van der Waals surface area contributed by atoms with Gasteiger partial charge in [0.15, 0.2) is 5.78 Å². The molecular weight excluding hydrogens is 340 g/mol. The van der Waals surface area contributed by atoms with Gasteiger partial charge in [0.1, 0.15) is 18.0 Å². The Bertz CT molecular complexity index is 787. The number of hydrogen-bond donors (Lipinski definition) is 2. The lowest BCUT2D eigenvalue weighted by atomic mass is 10.1. The average molecular weight is 360 g/mol. The van der Waals surface area contributed by atoms with Gasteiger partial charge >= 0.3 is 5.97 Å². The summed E-state index contributed by atoms with van der Waals surface area (Å²) in [5.41, 5.74) is 1.06. The molecule has 138 valence electrons. The highest BCUT2D eigenvalue weighted by molar-refractivity contribution is 5.94. The van der Waals surface area contributed by atoms with E-state index in [9.17, 15) is 14.4 Å². The molecule has 26 heavy (non-hydrogen) atoms. The zero-order valence-corrected chi connectivity index (χ0v) is 14.3. The third-order valence-electron chi connectivity index (χ3n) is 3.41. The molecule has 0 aliphatic carbocycles. The Hall–Kier alpha value is -3.23. The van der Waals surface area contributed by atoms with E-state index in [1.807, 2.05) is 0 Å². The molecule has 0 aliphatic heterocycles. The lowest BCUT2D eigenvalue weighted by Gasteiger charge is -2.07. The van der Waals surface area contributed by atoms with E-state index in [4.69, 9.17) is 9.84 Å². The number of nitrogens with one attached hydrogen (secondary N) is 1. The summed E-state index contributed by atoms with van der Waals surface area (Å²) in [5, 5.41) is 18.8. The minimum Gasteiger partial charge on any atom is -0.494 e. The van der Waals surface area contributed by atoms with Crippen LogP contribution >= 0.6 is 0 Å². The van der Waals surface area contributed by atoms with Gasteiger partial charge in [-0.3, -0.25) is 14.4 Å². The second kappa shape index (κ2) is 9.30. The van der Waals surface area contributed by atoms with Gasteiger partial charge in [0.2, 0.25) is 5.91 Å². The number of aliphatic carboxylic acids is 1. The zero-order valence-electron chi connectivity index (χ0n) is 14.3. The Morgan fingerprint density at radius 1 is 1.31 bits per heavy atom. The number of aromatic nitrogens is 3. The maximum absolute atomic E-state index is 11.8. The largest absolute Gasteiger partial charge is 0.494 e.